The second-order valence-electron chi connectivity index (χ2n) is 6.18. The van der Waals surface area contributed by atoms with Gasteiger partial charge in [0.15, 0.2) is 0 Å². The minimum absolute atomic E-state index is 0.136. The maximum absolute atomic E-state index is 13.3. The number of fused-ring (bicyclic) bond motifs is 3. The number of benzene rings is 2. The van der Waals surface area contributed by atoms with Crippen molar-refractivity contribution in [2.45, 2.75) is 18.7 Å². The SMILES string of the molecule is Fc1ccc([C@H]2Oc3ccccc3[C@@H]3CC(c4cccs4)=NN23)cc1. The molecule has 3 nitrogen and oxygen atoms in total. The molecule has 0 bridgehead atoms. The van der Waals surface area contributed by atoms with E-state index in [9.17, 15) is 4.39 Å². The van der Waals surface area contributed by atoms with Crippen molar-refractivity contribution in [2.75, 3.05) is 0 Å². The van der Waals surface area contributed by atoms with Crippen LogP contribution >= 0.6 is 11.3 Å². The Morgan fingerprint density at radius 1 is 1.04 bits per heavy atom. The molecular weight excluding hydrogens is 335 g/mol. The number of halogens is 1. The summed E-state index contributed by atoms with van der Waals surface area (Å²) in [6.45, 7) is 0. The van der Waals surface area contributed by atoms with Gasteiger partial charge >= 0.3 is 0 Å². The number of hydrazone groups is 1. The molecule has 0 spiro atoms. The molecule has 2 aliphatic rings. The smallest absolute Gasteiger partial charge is 0.213 e. The minimum Gasteiger partial charge on any atom is -0.464 e. The lowest BCUT2D eigenvalue weighted by Gasteiger charge is -2.38. The van der Waals surface area contributed by atoms with Gasteiger partial charge in [-0.1, -0.05) is 36.4 Å². The van der Waals surface area contributed by atoms with Crippen LogP contribution in [-0.4, -0.2) is 10.7 Å². The summed E-state index contributed by atoms with van der Waals surface area (Å²) in [6.07, 6.45) is 0.497. The Morgan fingerprint density at radius 3 is 2.68 bits per heavy atom. The van der Waals surface area contributed by atoms with E-state index in [1.54, 1.807) is 23.5 Å². The molecule has 1 aromatic heterocycles. The summed E-state index contributed by atoms with van der Waals surface area (Å²) in [5, 5.41) is 8.96. The summed E-state index contributed by atoms with van der Waals surface area (Å²) in [5.41, 5.74) is 3.13. The van der Waals surface area contributed by atoms with Crippen LogP contribution in [0.2, 0.25) is 0 Å². The van der Waals surface area contributed by atoms with Gasteiger partial charge in [0.25, 0.3) is 0 Å². The molecule has 2 aromatic carbocycles. The van der Waals surface area contributed by atoms with Crippen molar-refractivity contribution in [3.63, 3.8) is 0 Å². The molecular formula is C20H15FN2OS. The summed E-state index contributed by atoms with van der Waals surface area (Å²) in [6, 6.07) is 18.8. The highest BCUT2D eigenvalue weighted by molar-refractivity contribution is 7.12. The van der Waals surface area contributed by atoms with Gasteiger partial charge in [0, 0.05) is 17.5 Å². The molecule has 124 valence electrons. The van der Waals surface area contributed by atoms with Crippen LogP contribution < -0.4 is 4.74 Å². The van der Waals surface area contributed by atoms with Gasteiger partial charge in [0.2, 0.25) is 6.23 Å². The molecule has 0 saturated heterocycles. The fourth-order valence-corrected chi connectivity index (χ4v) is 4.19. The molecule has 0 amide bonds. The first-order valence-corrected chi connectivity index (χ1v) is 9.08. The van der Waals surface area contributed by atoms with Gasteiger partial charge in [-0.05, 0) is 29.6 Å². The zero-order valence-corrected chi connectivity index (χ0v) is 14.1. The van der Waals surface area contributed by atoms with Gasteiger partial charge < -0.3 is 4.74 Å². The maximum Gasteiger partial charge on any atom is 0.213 e. The van der Waals surface area contributed by atoms with Gasteiger partial charge in [0.05, 0.1) is 16.6 Å². The molecule has 2 aliphatic heterocycles. The second-order valence-corrected chi connectivity index (χ2v) is 7.13. The summed E-state index contributed by atoms with van der Waals surface area (Å²) in [5.74, 6) is 0.626. The zero-order chi connectivity index (χ0) is 16.8. The van der Waals surface area contributed by atoms with Crippen molar-refractivity contribution in [3.05, 3.63) is 87.9 Å². The zero-order valence-electron chi connectivity index (χ0n) is 13.3. The molecule has 0 saturated carbocycles. The largest absolute Gasteiger partial charge is 0.464 e. The number of hydrogen-bond acceptors (Lipinski definition) is 4. The lowest BCUT2D eigenvalue weighted by Crippen LogP contribution is -2.33. The summed E-state index contributed by atoms with van der Waals surface area (Å²) in [7, 11) is 0. The molecule has 0 aliphatic carbocycles. The summed E-state index contributed by atoms with van der Waals surface area (Å²) in [4.78, 5) is 1.18. The molecule has 5 heteroatoms. The number of rotatable bonds is 2. The number of nitrogens with zero attached hydrogens (tertiary/aromatic N) is 2. The number of hydrogen-bond donors (Lipinski definition) is 0. The van der Waals surface area contributed by atoms with Crippen molar-refractivity contribution >= 4 is 17.0 Å². The van der Waals surface area contributed by atoms with Crippen LogP contribution in [0.25, 0.3) is 0 Å². The van der Waals surface area contributed by atoms with E-state index in [1.807, 2.05) is 29.3 Å². The summed E-state index contributed by atoms with van der Waals surface area (Å²) >= 11 is 1.70. The molecule has 25 heavy (non-hydrogen) atoms. The highest BCUT2D eigenvalue weighted by Gasteiger charge is 2.40. The van der Waals surface area contributed by atoms with E-state index >= 15 is 0 Å². The minimum atomic E-state index is -0.349. The lowest BCUT2D eigenvalue weighted by molar-refractivity contribution is -0.0190. The Hall–Kier alpha value is -2.66. The van der Waals surface area contributed by atoms with Crippen LogP contribution in [0.5, 0.6) is 5.75 Å². The molecule has 5 rings (SSSR count). The van der Waals surface area contributed by atoms with E-state index in [1.165, 1.54) is 17.0 Å². The molecule has 0 unspecified atom stereocenters. The van der Waals surface area contributed by atoms with Crippen LogP contribution in [0.15, 0.2) is 71.1 Å². The Kier molecular flexibility index (Phi) is 3.35. The highest BCUT2D eigenvalue weighted by atomic mass is 32.1. The van der Waals surface area contributed by atoms with Crippen molar-refractivity contribution < 1.29 is 9.13 Å². The Labute approximate surface area is 149 Å². The first kappa shape index (κ1) is 14.7. The van der Waals surface area contributed by atoms with Crippen molar-refractivity contribution in [3.8, 4) is 5.75 Å². The third-order valence-corrected chi connectivity index (χ3v) is 5.58. The quantitative estimate of drug-likeness (QED) is 0.640. The molecule has 0 radical (unpaired) electrons. The third-order valence-electron chi connectivity index (χ3n) is 4.66. The fourth-order valence-electron chi connectivity index (χ4n) is 3.47. The highest BCUT2D eigenvalue weighted by Crippen LogP contribution is 2.47. The average molecular weight is 350 g/mol. The Bertz CT molecular complexity index is 937. The predicted molar refractivity (Wildman–Crippen MR) is 96.3 cm³/mol. The van der Waals surface area contributed by atoms with E-state index in [2.05, 4.69) is 17.5 Å². The Morgan fingerprint density at radius 2 is 1.88 bits per heavy atom. The van der Waals surface area contributed by atoms with Crippen LogP contribution in [0.3, 0.4) is 0 Å². The number of thiophene rings is 1. The van der Waals surface area contributed by atoms with Gasteiger partial charge in [-0.15, -0.1) is 11.3 Å². The van der Waals surface area contributed by atoms with Crippen LogP contribution in [-0.2, 0) is 0 Å². The van der Waals surface area contributed by atoms with Crippen molar-refractivity contribution in [1.82, 2.24) is 5.01 Å². The van der Waals surface area contributed by atoms with Crippen LogP contribution in [0.1, 0.15) is 34.7 Å². The molecule has 3 aromatic rings. The monoisotopic (exact) mass is 350 g/mol. The molecule has 3 heterocycles. The van der Waals surface area contributed by atoms with E-state index in [0.29, 0.717) is 0 Å². The van der Waals surface area contributed by atoms with Gasteiger partial charge in [0.1, 0.15) is 11.6 Å². The normalized spacial score (nSPS) is 21.3. The second kappa shape index (κ2) is 5.70. The first-order valence-electron chi connectivity index (χ1n) is 8.20. The maximum atomic E-state index is 13.3. The van der Waals surface area contributed by atoms with Crippen LogP contribution in [0, 0.1) is 5.82 Å². The van der Waals surface area contributed by atoms with Crippen LogP contribution in [0.4, 0.5) is 4.39 Å². The van der Waals surface area contributed by atoms with Gasteiger partial charge in [-0.3, -0.25) is 0 Å². The van der Waals surface area contributed by atoms with Crippen molar-refractivity contribution in [1.29, 1.82) is 0 Å². The van der Waals surface area contributed by atoms with Gasteiger partial charge in [-0.25, -0.2) is 9.40 Å². The van der Waals surface area contributed by atoms with Gasteiger partial charge in [-0.2, -0.15) is 5.10 Å². The number of para-hydroxylation sites is 1. The first-order chi connectivity index (χ1) is 12.3. The number of ether oxygens (including phenoxy) is 1. The predicted octanol–water partition coefficient (Wildman–Crippen LogP) is 5.13. The topological polar surface area (TPSA) is 24.8 Å². The molecule has 0 fully saturated rings. The van der Waals surface area contributed by atoms with E-state index in [-0.39, 0.29) is 18.1 Å². The molecule has 2 atom stereocenters. The van der Waals surface area contributed by atoms with E-state index < -0.39 is 0 Å². The lowest BCUT2D eigenvalue weighted by atomic mass is 9.98. The summed E-state index contributed by atoms with van der Waals surface area (Å²) < 4.78 is 19.6. The third kappa shape index (κ3) is 2.43. The standard InChI is InChI=1S/C20H15FN2OS/c21-14-9-7-13(8-10-14)20-23-17(15-4-1-2-5-18(15)24-20)12-16(22-23)19-6-3-11-25-19/h1-11,17,20H,12H2/t17-,20+/m0/s1. The average Bonchev–Trinajstić information content (AvgIpc) is 3.31. The van der Waals surface area contributed by atoms with Crippen molar-refractivity contribution in [2.24, 2.45) is 5.10 Å². The van der Waals surface area contributed by atoms with E-state index in [0.717, 1.165) is 29.0 Å². The van der Waals surface area contributed by atoms with E-state index in [4.69, 9.17) is 9.84 Å². The Balaban J connectivity index is 1.60. The fraction of sp³-hybridized carbons (Fsp3) is 0.150. The molecule has 0 N–H and O–H groups in total.